The van der Waals surface area contributed by atoms with Crippen LogP contribution in [0.1, 0.15) is 12.5 Å². The lowest BCUT2D eigenvalue weighted by molar-refractivity contribution is -0.129. The van der Waals surface area contributed by atoms with E-state index in [1.54, 1.807) is 12.1 Å². The van der Waals surface area contributed by atoms with Crippen molar-refractivity contribution in [2.24, 2.45) is 0 Å². The molecule has 1 fully saturated rings. The second-order valence-electron chi connectivity index (χ2n) is 5.46. The van der Waals surface area contributed by atoms with Crippen LogP contribution in [0.3, 0.4) is 0 Å². The topological polar surface area (TPSA) is 79.5 Å². The molecule has 8 heteroatoms. The van der Waals surface area contributed by atoms with Gasteiger partial charge in [-0.1, -0.05) is 12.1 Å². The molecule has 1 heterocycles. The first-order chi connectivity index (χ1) is 11.1. The molecule has 0 aliphatic carbocycles. The van der Waals surface area contributed by atoms with E-state index < -0.39 is 0 Å². The summed E-state index contributed by atoms with van der Waals surface area (Å²) < 4.78 is 18.4. The van der Waals surface area contributed by atoms with E-state index in [1.807, 2.05) is 6.92 Å². The Balaban J connectivity index is 0.00000288. The van der Waals surface area contributed by atoms with Crippen molar-refractivity contribution in [3.05, 3.63) is 35.6 Å². The predicted molar refractivity (Wildman–Crippen MR) is 90.6 cm³/mol. The summed E-state index contributed by atoms with van der Waals surface area (Å²) in [4.78, 5) is 23.7. The van der Waals surface area contributed by atoms with Crippen LogP contribution in [-0.2, 0) is 20.7 Å². The third-order valence-corrected chi connectivity index (χ3v) is 3.60. The molecule has 2 atom stereocenters. The lowest BCUT2D eigenvalue weighted by Crippen LogP contribution is -2.56. The second kappa shape index (κ2) is 10.2. The highest BCUT2D eigenvalue weighted by Crippen LogP contribution is 2.04. The number of ether oxygens (including phenoxy) is 1. The summed E-state index contributed by atoms with van der Waals surface area (Å²) in [6.45, 7) is 3.74. The summed E-state index contributed by atoms with van der Waals surface area (Å²) in [6, 6.07) is 5.56. The summed E-state index contributed by atoms with van der Waals surface area (Å²) in [6.07, 6.45) is -0.0628. The fourth-order valence-electron chi connectivity index (χ4n) is 2.42. The van der Waals surface area contributed by atoms with Gasteiger partial charge in [0.05, 0.1) is 19.1 Å². The largest absolute Gasteiger partial charge is 0.375 e. The van der Waals surface area contributed by atoms with Crippen LogP contribution < -0.4 is 16.0 Å². The molecule has 0 aromatic heterocycles. The van der Waals surface area contributed by atoms with E-state index in [1.165, 1.54) is 12.1 Å². The predicted octanol–water partition coefficient (Wildman–Crippen LogP) is 0.399. The maximum absolute atomic E-state index is 13.0. The minimum absolute atomic E-state index is 0. The number of hydrogen-bond acceptors (Lipinski definition) is 4. The molecule has 2 rings (SSSR count). The molecular formula is C16H23ClFN3O3. The highest BCUT2D eigenvalue weighted by molar-refractivity contribution is 5.85. The summed E-state index contributed by atoms with van der Waals surface area (Å²) in [5.74, 6) is -0.715. The fraction of sp³-hybridized carbons (Fsp3) is 0.500. The van der Waals surface area contributed by atoms with Crippen LogP contribution in [0, 0.1) is 5.82 Å². The molecule has 24 heavy (non-hydrogen) atoms. The van der Waals surface area contributed by atoms with E-state index in [2.05, 4.69) is 16.0 Å². The molecule has 1 aliphatic heterocycles. The number of rotatable bonds is 6. The van der Waals surface area contributed by atoms with Crippen LogP contribution in [0.4, 0.5) is 4.39 Å². The molecule has 0 unspecified atom stereocenters. The van der Waals surface area contributed by atoms with Crippen molar-refractivity contribution < 1.29 is 18.7 Å². The van der Waals surface area contributed by atoms with Gasteiger partial charge in [-0.25, -0.2) is 4.39 Å². The van der Waals surface area contributed by atoms with Crippen LogP contribution in [0.5, 0.6) is 0 Å². The van der Waals surface area contributed by atoms with E-state index >= 15 is 0 Å². The maximum atomic E-state index is 13.0. The standard InChI is InChI=1S/C16H22FN3O3.ClH/c1-11-15(19-7-8-23-11)16(22)20-6-5-18-14(21)10-12-3-2-4-13(17)9-12;/h2-4,9,11,15,19H,5-8,10H2,1H3,(H,18,21)(H,20,22);1H/t11-,15+;/m1./s1. The number of amides is 2. The van der Waals surface area contributed by atoms with Crippen molar-refractivity contribution >= 4 is 24.2 Å². The van der Waals surface area contributed by atoms with Crippen molar-refractivity contribution in [3.8, 4) is 0 Å². The first kappa shape index (κ1) is 20.3. The number of morpholine rings is 1. The molecular weight excluding hydrogens is 337 g/mol. The van der Waals surface area contributed by atoms with Gasteiger partial charge in [0.25, 0.3) is 0 Å². The van der Waals surface area contributed by atoms with Gasteiger partial charge in [-0.05, 0) is 24.6 Å². The zero-order chi connectivity index (χ0) is 16.7. The molecule has 0 bridgehead atoms. The Kier molecular flexibility index (Phi) is 8.67. The Morgan fingerprint density at radius 1 is 1.33 bits per heavy atom. The van der Waals surface area contributed by atoms with Crippen molar-refractivity contribution in [1.82, 2.24) is 16.0 Å². The SMILES string of the molecule is C[C@H]1OCCN[C@@H]1C(=O)NCCNC(=O)Cc1cccc(F)c1.Cl. The van der Waals surface area contributed by atoms with Crippen LogP contribution >= 0.6 is 12.4 Å². The average Bonchev–Trinajstić information content (AvgIpc) is 2.52. The highest BCUT2D eigenvalue weighted by Gasteiger charge is 2.27. The van der Waals surface area contributed by atoms with Crippen LogP contribution in [0.25, 0.3) is 0 Å². The zero-order valence-corrected chi connectivity index (χ0v) is 14.3. The smallest absolute Gasteiger partial charge is 0.239 e. The number of benzene rings is 1. The maximum Gasteiger partial charge on any atom is 0.239 e. The number of carbonyl (C=O) groups excluding carboxylic acids is 2. The van der Waals surface area contributed by atoms with Crippen molar-refractivity contribution in [3.63, 3.8) is 0 Å². The van der Waals surface area contributed by atoms with Gasteiger partial charge >= 0.3 is 0 Å². The van der Waals surface area contributed by atoms with Crippen molar-refractivity contribution in [2.45, 2.75) is 25.5 Å². The Labute approximate surface area is 146 Å². The molecule has 1 aliphatic rings. The van der Waals surface area contributed by atoms with Gasteiger partial charge in [0, 0.05) is 19.6 Å². The second-order valence-corrected chi connectivity index (χ2v) is 5.46. The van der Waals surface area contributed by atoms with Gasteiger partial charge in [0.2, 0.25) is 11.8 Å². The van der Waals surface area contributed by atoms with Crippen LogP contribution in [0.2, 0.25) is 0 Å². The summed E-state index contributed by atoms with van der Waals surface area (Å²) in [7, 11) is 0. The van der Waals surface area contributed by atoms with Gasteiger partial charge in [-0.3, -0.25) is 9.59 Å². The molecule has 6 nitrogen and oxygen atoms in total. The molecule has 0 radical (unpaired) electrons. The van der Waals surface area contributed by atoms with Gasteiger partial charge in [-0.2, -0.15) is 0 Å². The molecule has 2 amide bonds. The van der Waals surface area contributed by atoms with Crippen LogP contribution in [-0.4, -0.2) is 50.2 Å². The fourth-order valence-corrected chi connectivity index (χ4v) is 2.42. The monoisotopic (exact) mass is 359 g/mol. The minimum Gasteiger partial charge on any atom is -0.375 e. The van der Waals surface area contributed by atoms with E-state index in [9.17, 15) is 14.0 Å². The van der Waals surface area contributed by atoms with E-state index in [0.29, 0.717) is 31.8 Å². The molecule has 0 spiro atoms. The van der Waals surface area contributed by atoms with Gasteiger partial charge in [0.15, 0.2) is 0 Å². The van der Waals surface area contributed by atoms with Gasteiger partial charge in [0.1, 0.15) is 11.9 Å². The lowest BCUT2D eigenvalue weighted by Gasteiger charge is -2.29. The first-order valence-electron chi connectivity index (χ1n) is 7.70. The Morgan fingerprint density at radius 3 is 2.79 bits per heavy atom. The normalized spacial score (nSPS) is 19.9. The summed E-state index contributed by atoms with van der Waals surface area (Å²) >= 11 is 0. The highest BCUT2D eigenvalue weighted by atomic mass is 35.5. The van der Waals surface area contributed by atoms with Gasteiger partial charge in [-0.15, -0.1) is 12.4 Å². The third kappa shape index (κ3) is 6.43. The number of hydrogen-bond donors (Lipinski definition) is 3. The summed E-state index contributed by atoms with van der Waals surface area (Å²) in [5.41, 5.74) is 0.615. The van der Waals surface area contributed by atoms with E-state index in [-0.39, 0.29) is 48.6 Å². The van der Waals surface area contributed by atoms with E-state index in [0.717, 1.165) is 0 Å². The lowest BCUT2D eigenvalue weighted by atomic mass is 10.1. The number of carbonyl (C=O) groups is 2. The van der Waals surface area contributed by atoms with Gasteiger partial charge < -0.3 is 20.7 Å². The molecule has 134 valence electrons. The van der Waals surface area contributed by atoms with Crippen LogP contribution in [0.15, 0.2) is 24.3 Å². The first-order valence-corrected chi connectivity index (χ1v) is 7.70. The number of halogens is 2. The van der Waals surface area contributed by atoms with Crippen molar-refractivity contribution in [1.29, 1.82) is 0 Å². The minimum atomic E-state index is -0.369. The Morgan fingerprint density at radius 2 is 2.08 bits per heavy atom. The molecule has 1 aromatic rings. The number of nitrogens with one attached hydrogen (secondary N) is 3. The average molecular weight is 360 g/mol. The molecule has 0 saturated carbocycles. The molecule has 1 saturated heterocycles. The quantitative estimate of drug-likeness (QED) is 0.642. The molecule has 1 aromatic carbocycles. The molecule has 3 N–H and O–H groups in total. The Hall–Kier alpha value is -1.70. The van der Waals surface area contributed by atoms with Crippen molar-refractivity contribution in [2.75, 3.05) is 26.2 Å². The third-order valence-electron chi connectivity index (χ3n) is 3.60. The van der Waals surface area contributed by atoms with E-state index in [4.69, 9.17) is 4.74 Å². The zero-order valence-electron chi connectivity index (χ0n) is 13.5. The summed E-state index contributed by atoms with van der Waals surface area (Å²) in [5, 5.41) is 8.54. The Bertz CT molecular complexity index is 559.